The molecule has 0 atom stereocenters. The van der Waals surface area contributed by atoms with Crippen LogP contribution in [0.15, 0.2) is 24.3 Å². The Labute approximate surface area is 110 Å². The SMILES string of the molecule is CCCOc1ccc2c(O)cc(C(=O)OC)nc2c1. The van der Waals surface area contributed by atoms with Gasteiger partial charge in [0.05, 0.1) is 19.2 Å². The van der Waals surface area contributed by atoms with E-state index in [1.807, 2.05) is 6.92 Å². The molecule has 1 heterocycles. The number of aromatic nitrogens is 1. The minimum atomic E-state index is -0.586. The molecule has 0 aliphatic carbocycles. The zero-order valence-corrected chi connectivity index (χ0v) is 10.8. The molecule has 1 aromatic carbocycles. The number of hydrogen-bond acceptors (Lipinski definition) is 5. The fourth-order valence-electron chi connectivity index (χ4n) is 1.71. The lowest BCUT2D eigenvalue weighted by Crippen LogP contribution is -2.04. The third-order valence-electron chi connectivity index (χ3n) is 2.63. The van der Waals surface area contributed by atoms with E-state index < -0.39 is 5.97 Å². The van der Waals surface area contributed by atoms with Gasteiger partial charge in [0.25, 0.3) is 0 Å². The van der Waals surface area contributed by atoms with Crippen molar-refractivity contribution in [1.29, 1.82) is 0 Å². The highest BCUT2D eigenvalue weighted by Gasteiger charge is 2.12. The van der Waals surface area contributed by atoms with Crippen LogP contribution in [-0.2, 0) is 4.74 Å². The zero-order valence-electron chi connectivity index (χ0n) is 10.8. The summed E-state index contributed by atoms with van der Waals surface area (Å²) in [5, 5.41) is 10.4. The monoisotopic (exact) mass is 261 g/mol. The average Bonchev–Trinajstić information content (AvgIpc) is 2.43. The maximum atomic E-state index is 11.4. The van der Waals surface area contributed by atoms with E-state index in [1.54, 1.807) is 18.2 Å². The van der Waals surface area contributed by atoms with E-state index in [-0.39, 0.29) is 11.4 Å². The quantitative estimate of drug-likeness (QED) is 0.856. The fraction of sp³-hybridized carbons (Fsp3) is 0.286. The molecule has 0 saturated heterocycles. The van der Waals surface area contributed by atoms with Crippen LogP contribution in [0.1, 0.15) is 23.8 Å². The van der Waals surface area contributed by atoms with E-state index in [0.29, 0.717) is 23.3 Å². The molecule has 2 aromatic rings. The lowest BCUT2D eigenvalue weighted by atomic mass is 10.1. The third-order valence-corrected chi connectivity index (χ3v) is 2.63. The number of carbonyl (C=O) groups excluding carboxylic acids is 1. The van der Waals surface area contributed by atoms with Gasteiger partial charge in [0.1, 0.15) is 11.5 Å². The second-order valence-corrected chi connectivity index (χ2v) is 4.05. The predicted octanol–water partition coefficient (Wildman–Crippen LogP) is 2.52. The molecule has 100 valence electrons. The number of pyridine rings is 1. The summed E-state index contributed by atoms with van der Waals surface area (Å²) in [7, 11) is 1.27. The van der Waals surface area contributed by atoms with Gasteiger partial charge >= 0.3 is 5.97 Å². The van der Waals surface area contributed by atoms with Crippen molar-refractivity contribution in [2.75, 3.05) is 13.7 Å². The summed E-state index contributed by atoms with van der Waals surface area (Å²) in [5.41, 5.74) is 0.564. The number of rotatable bonds is 4. The summed E-state index contributed by atoms with van der Waals surface area (Å²) in [5.74, 6) is 0.0628. The van der Waals surface area contributed by atoms with Crippen LogP contribution in [0.2, 0.25) is 0 Å². The van der Waals surface area contributed by atoms with Gasteiger partial charge in [-0.25, -0.2) is 9.78 Å². The van der Waals surface area contributed by atoms with Crippen LogP contribution in [-0.4, -0.2) is 29.8 Å². The summed E-state index contributed by atoms with van der Waals surface area (Å²) in [6.45, 7) is 2.62. The number of nitrogens with zero attached hydrogens (tertiary/aromatic N) is 1. The van der Waals surface area contributed by atoms with Gasteiger partial charge in [-0.1, -0.05) is 6.92 Å². The molecule has 0 fully saturated rings. The molecule has 0 aliphatic rings. The fourth-order valence-corrected chi connectivity index (χ4v) is 1.71. The first kappa shape index (κ1) is 13.1. The first-order valence-corrected chi connectivity index (χ1v) is 6.00. The Kier molecular flexibility index (Phi) is 3.85. The van der Waals surface area contributed by atoms with Crippen molar-refractivity contribution in [2.45, 2.75) is 13.3 Å². The van der Waals surface area contributed by atoms with Gasteiger partial charge in [-0.2, -0.15) is 0 Å². The Morgan fingerprint density at radius 2 is 2.16 bits per heavy atom. The Morgan fingerprint density at radius 3 is 2.84 bits per heavy atom. The molecule has 0 unspecified atom stereocenters. The molecule has 5 heteroatoms. The molecule has 1 aromatic heterocycles. The summed E-state index contributed by atoms with van der Waals surface area (Å²) < 4.78 is 10.1. The number of esters is 1. The average molecular weight is 261 g/mol. The number of ether oxygens (including phenoxy) is 2. The molecule has 0 spiro atoms. The lowest BCUT2D eigenvalue weighted by Gasteiger charge is -2.07. The molecular formula is C14H15NO4. The van der Waals surface area contributed by atoms with Crippen molar-refractivity contribution in [3.05, 3.63) is 30.0 Å². The number of fused-ring (bicyclic) bond motifs is 1. The Bertz CT molecular complexity index is 610. The van der Waals surface area contributed by atoms with Crippen molar-refractivity contribution >= 4 is 16.9 Å². The van der Waals surface area contributed by atoms with E-state index in [9.17, 15) is 9.90 Å². The smallest absolute Gasteiger partial charge is 0.356 e. The molecule has 1 N–H and O–H groups in total. The number of methoxy groups -OCH3 is 1. The van der Waals surface area contributed by atoms with Crippen molar-refractivity contribution in [3.8, 4) is 11.5 Å². The van der Waals surface area contributed by atoms with Crippen LogP contribution in [0.3, 0.4) is 0 Å². The number of benzene rings is 1. The highest BCUT2D eigenvalue weighted by molar-refractivity contribution is 5.94. The summed E-state index contributed by atoms with van der Waals surface area (Å²) in [6.07, 6.45) is 0.902. The topological polar surface area (TPSA) is 68.7 Å². The molecule has 0 bridgehead atoms. The highest BCUT2D eigenvalue weighted by Crippen LogP contribution is 2.27. The van der Waals surface area contributed by atoms with Gasteiger partial charge in [0, 0.05) is 17.5 Å². The maximum absolute atomic E-state index is 11.4. The molecule has 0 aliphatic heterocycles. The van der Waals surface area contributed by atoms with Crippen molar-refractivity contribution < 1.29 is 19.4 Å². The number of aromatic hydroxyl groups is 1. The second-order valence-electron chi connectivity index (χ2n) is 4.05. The molecule has 2 rings (SSSR count). The van der Waals surface area contributed by atoms with Gasteiger partial charge in [0.2, 0.25) is 0 Å². The molecule has 0 radical (unpaired) electrons. The van der Waals surface area contributed by atoms with Crippen molar-refractivity contribution in [3.63, 3.8) is 0 Å². The van der Waals surface area contributed by atoms with Gasteiger partial charge < -0.3 is 14.6 Å². The Balaban J connectivity index is 2.47. The van der Waals surface area contributed by atoms with Crippen LogP contribution in [0.5, 0.6) is 11.5 Å². The van der Waals surface area contributed by atoms with E-state index in [2.05, 4.69) is 9.72 Å². The molecular weight excluding hydrogens is 246 g/mol. The van der Waals surface area contributed by atoms with E-state index in [1.165, 1.54) is 13.2 Å². The first-order valence-electron chi connectivity index (χ1n) is 6.00. The predicted molar refractivity (Wildman–Crippen MR) is 70.5 cm³/mol. The van der Waals surface area contributed by atoms with Gasteiger partial charge in [0.15, 0.2) is 5.69 Å². The largest absolute Gasteiger partial charge is 0.507 e. The summed E-state index contributed by atoms with van der Waals surface area (Å²) in [6, 6.07) is 6.46. The van der Waals surface area contributed by atoms with Gasteiger partial charge in [-0.3, -0.25) is 0 Å². The normalized spacial score (nSPS) is 10.4. The minimum Gasteiger partial charge on any atom is -0.507 e. The van der Waals surface area contributed by atoms with Crippen molar-refractivity contribution in [1.82, 2.24) is 4.98 Å². The van der Waals surface area contributed by atoms with E-state index >= 15 is 0 Å². The molecule has 0 amide bonds. The van der Waals surface area contributed by atoms with Crippen LogP contribution in [0.25, 0.3) is 10.9 Å². The summed E-state index contributed by atoms with van der Waals surface area (Å²) in [4.78, 5) is 15.6. The number of hydrogen-bond donors (Lipinski definition) is 1. The number of carbonyl (C=O) groups is 1. The van der Waals surface area contributed by atoms with Crippen LogP contribution >= 0.6 is 0 Å². The Hall–Kier alpha value is -2.30. The summed E-state index contributed by atoms with van der Waals surface area (Å²) >= 11 is 0. The van der Waals surface area contributed by atoms with Crippen LogP contribution < -0.4 is 4.74 Å². The van der Waals surface area contributed by atoms with Crippen LogP contribution in [0, 0.1) is 0 Å². The van der Waals surface area contributed by atoms with Crippen LogP contribution in [0.4, 0.5) is 0 Å². The molecule has 19 heavy (non-hydrogen) atoms. The molecule has 5 nitrogen and oxygen atoms in total. The standard InChI is InChI=1S/C14H15NO4/c1-3-6-19-9-4-5-10-11(7-9)15-12(8-13(10)16)14(17)18-2/h4-5,7-8H,3,6H2,1-2H3,(H,15,16). The van der Waals surface area contributed by atoms with E-state index in [4.69, 9.17) is 4.74 Å². The first-order chi connectivity index (χ1) is 9.15. The zero-order chi connectivity index (χ0) is 13.8. The third kappa shape index (κ3) is 2.76. The van der Waals surface area contributed by atoms with Crippen molar-refractivity contribution in [2.24, 2.45) is 0 Å². The lowest BCUT2D eigenvalue weighted by molar-refractivity contribution is 0.0594. The minimum absolute atomic E-state index is 0.00700. The van der Waals surface area contributed by atoms with Gasteiger partial charge in [-0.05, 0) is 18.6 Å². The van der Waals surface area contributed by atoms with Gasteiger partial charge in [-0.15, -0.1) is 0 Å². The second kappa shape index (κ2) is 5.56. The molecule has 0 saturated carbocycles. The van der Waals surface area contributed by atoms with E-state index in [0.717, 1.165) is 6.42 Å². The maximum Gasteiger partial charge on any atom is 0.356 e. The highest BCUT2D eigenvalue weighted by atomic mass is 16.5. The Morgan fingerprint density at radius 1 is 1.37 bits per heavy atom.